The van der Waals surface area contributed by atoms with Gasteiger partial charge in [0.05, 0.1) is 12.7 Å². The largest absolute Gasteiger partial charge is 0.479 e. The molecule has 0 aliphatic carbocycles. The summed E-state index contributed by atoms with van der Waals surface area (Å²) >= 11 is 0. The van der Waals surface area contributed by atoms with Gasteiger partial charge in [-0.15, -0.1) is 10.2 Å². The molecule has 0 amide bonds. The lowest BCUT2D eigenvalue weighted by molar-refractivity contribution is -0.147. The quantitative estimate of drug-likeness (QED) is 0.354. The molecular formula is C19H33N8O6P. The number of carboxylic acid groups (broad SMARTS) is 1. The summed E-state index contributed by atoms with van der Waals surface area (Å²) in [6.45, 7) is 9.46. The van der Waals surface area contributed by atoms with Gasteiger partial charge in [0.1, 0.15) is 0 Å². The summed E-state index contributed by atoms with van der Waals surface area (Å²) in [6, 6.07) is -0.462. The molecule has 2 aromatic rings. The minimum Gasteiger partial charge on any atom is -0.479 e. The Morgan fingerprint density at radius 1 is 1.21 bits per heavy atom. The number of carbonyl (C=O) groups is 1. The van der Waals surface area contributed by atoms with Crippen molar-refractivity contribution in [3.63, 3.8) is 0 Å². The number of carboxylic acids is 1. The summed E-state index contributed by atoms with van der Waals surface area (Å²) < 4.78 is 27.6. The molecule has 34 heavy (non-hydrogen) atoms. The van der Waals surface area contributed by atoms with Crippen LogP contribution >= 0.6 is 7.44 Å². The van der Waals surface area contributed by atoms with Crippen LogP contribution in [-0.4, -0.2) is 71.7 Å². The highest BCUT2D eigenvalue weighted by atomic mass is 31.2. The second-order valence-electron chi connectivity index (χ2n) is 8.86. The lowest BCUT2D eigenvalue weighted by Crippen LogP contribution is -2.42. The van der Waals surface area contributed by atoms with Crippen molar-refractivity contribution in [2.75, 3.05) is 6.61 Å². The zero-order valence-electron chi connectivity index (χ0n) is 20.0. The second kappa shape index (κ2) is 11.0. The van der Waals surface area contributed by atoms with E-state index in [1.54, 1.807) is 27.7 Å². The number of aliphatic carboxylic acids is 1. The molecule has 3 N–H and O–H groups in total. The Morgan fingerprint density at radius 2 is 1.85 bits per heavy atom. The van der Waals surface area contributed by atoms with Gasteiger partial charge in [-0.05, 0) is 47.0 Å². The third-order valence-electron chi connectivity index (χ3n) is 5.04. The first-order valence-corrected chi connectivity index (χ1v) is 13.2. The number of aromatic nitrogens is 6. The molecule has 1 saturated heterocycles. The fourth-order valence-corrected chi connectivity index (χ4v) is 6.32. The first kappa shape index (κ1) is 26.4. The summed E-state index contributed by atoms with van der Waals surface area (Å²) in [5.74, 6) is -2.95. The van der Waals surface area contributed by atoms with Gasteiger partial charge in [-0.25, -0.2) is 19.7 Å². The number of aryl methyl sites for hydroxylation is 1. The Balaban J connectivity index is 1.72. The van der Waals surface area contributed by atoms with Gasteiger partial charge in [-0.1, -0.05) is 17.4 Å². The number of hydrogen-bond donors (Lipinski definition) is 3. The van der Waals surface area contributed by atoms with E-state index in [-0.39, 0.29) is 29.9 Å². The predicted molar refractivity (Wildman–Crippen MR) is 122 cm³/mol. The van der Waals surface area contributed by atoms with Crippen LogP contribution in [0.1, 0.15) is 60.1 Å². The van der Waals surface area contributed by atoms with Gasteiger partial charge >= 0.3 is 5.97 Å². The fourth-order valence-electron chi connectivity index (χ4n) is 3.83. The van der Waals surface area contributed by atoms with Crippen molar-refractivity contribution in [2.24, 2.45) is 0 Å². The molecule has 0 radical (unpaired) electrons. The average molecular weight is 500 g/mol. The molecule has 0 spiro atoms. The summed E-state index contributed by atoms with van der Waals surface area (Å²) in [6.07, 6.45) is 0.510. The molecule has 0 bridgehead atoms. The second-order valence-corrected chi connectivity index (χ2v) is 11.2. The zero-order valence-corrected chi connectivity index (χ0v) is 20.9. The van der Waals surface area contributed by atoms with Crippen LogP contribution in [-0.2, 0) is 25.4 Å². The van der Waals surface area contributed by atoms with Gasteiger partial charge in [0, 0.05) is 18.6 Å². The highest BCUT2D eigenvalue weighted by Gasteiger charge is 2.42. The number of fused-ring (bicyclic) bond motifs is 1. The Kier molecular flexibility index (Phi) is 8.52. The minimum atomic E-state index is -3.64. The normalized spacial score (nSPS) is 20.0. The van der Waals surface area contributed by atoms with E-state index in [2.05, 4.69) is 30.8 Å². The Labute approximate surface area is 196 Å². The van der Waals surface area contributed by atoms with E-state index in [1.165, 1.54) is 4.68 Å². The van der Waals surface area contributed by atoms with Crippen LogP contribution in [0.5, 0.6) is 0 Å². The van der Waals surface area contributed by atoms with Crippen LogP contribution in [0, 0.1) is 0 Å². The third-order valence-corrected chi connectivity index (χ3v) is 7.87. The summed E-state index contributed by atoms with van der Waals surface area (Å²) in [5, 5.41) is 31.2. The first-order chi connectivity index (χ1) is 16.1. The summed E-state index contributed by atoms with van der Waals surface area (Å²) in [7, 11) is -3.64. The van der Waals surface area contributed by atoms with Crippen LogP contribution < -0.4 is 15.7 Å². The van der Waals surface area contributed by atoms with E-state index in [4.69, 9.17) is 9.47 Å². The average Bonchev–Trinajstić information content (AvgIpc) is 3.35. The van der Waals surface area contributed by atoms with Crippen molar-refractivity contribution in [1.29, 1.82) is 0 Å². The predicted octanol–water partition coefficient (Wildman–Crippen LogP) is 1.09. The van der Waals surface area contributed by atoms with Crippen LogP contribution in [0.4, 0.5) is 0 Å². The maximum absolute atomic E-state index is 13.4. The number of ether oxygens (including phenoxy) is 2. The lowest BCUT2D eigenvalue weighted by Gasteiger charge is -2.30. The van der Waals surface area contributed by atoms with Crippen molar-refractivity contribution in [3.05, 3.63) is 10.4 Å². The van der Waals surface area contributed by atoms with E-state index in [0.717, 1.165) is 11.1 Å². The Morgan fingerprint density at radius 3 is 2.44 bits per heavy atom. The molecule has 1 aliphatic heterocycles. The van der Waals surface area contributed by atoms with Gasteiger partial charge in [0.25, 0.3) is 13.0 Å². The molecule has 15 heteroatoms. The molecular weight excluding hydrogens is 467 g/mol. The monoisotopic (exact) mass is 500 g/mol. The molecule has 1 aliphatic rings. The number of nitrogens with zero attached hydrogens (tertiary/aromatic N) is 6. The molecule has 1 fully saturated rings. The molecule has 3 unspecified atom stereocenters. The topological polar surface area (TPSA) is 175 Å². The van der Waals surface area contributed by atoms with Gasteiger partial charge in [0.15, 0.2) is 11.7 Å². The van der Waals surface area contributed by atoms with Crippen molar-refractivity contribution < 1.29 is 23.9 Å². The number of rotatable bonds is 12. The smallest absolute Gasteiger partial charge is 0.343 e. The molecule has 3 heterocycles. The van der Waals surface area contributed by atoms with Crippen molar-refractivity contribution in [3.8, 4) is 0 Å². The molecule has 0 aromatic carbocycles. The van der Waals surface area contributed by atoms with E-state index in [9.17, 15) is 19.3 Å². The van der Waals surface area contributed by atoms with Gasteiger partial charge in [-0.3, -0.25) is 9.36 Å². The standard InChI is InChI=1S/C19H33N8O6P/c1-6-9-26-15-16(20-24-26)21-25-27(17(15)28)14-8-7-13(33-14)10-32-19(18(29)30)34(31,22-11(2)3)23-12(4)5/h11-14,19H,6-10H2,1-5H3,(H,29,30)(H2,22,23,31). The van der Waals surface area contributed by atoms with Gasteiger partial charge in [0.2, 0.25) is 11.5 Å². The third kappa shape index (κ3) is 5.87. The SMILES string of the molecule is CCCn1nnc2nnn(C3CCC(COC(C(=O)O)P(=O)(NC(C)C)NC(C)C)O3)c(=O)c21. The maximum Gasteiger partial charge on any atom is 0.343 e. The van der Waals surface area contributed by atoms with E-state index < -0.39 is 37.1 Å². The Bertz CT molecular complexity index is 1090. The molecule has 3 rings (SSSR count). The van der Waals surface area contributed by atoms with E-state index in [0.29, 0.717) is 19.4 Å². The number of nitrogens with one attached hydrogen (secondary N) is 2. The first-order valence-electron chi connectivity index (χ1n) is 11.4. The number of hydrogen-bond acceptors (Lipinski definition) is 9. The zero-order chi connectivity index (χ0) is 25.0. The summed E-state index contributed by atoms with van der Waals surface area (Å²) in [4.78, 5) is 24.9. The van der Waals surface area contributed by atoms with E-state index >= 15 is 0 Å². The highest BCUT2D eigenvalue weighted by Crippen LogP contribution is 2.44. The molecule has 0 saturated carbocycles. The molecule has 3 atom stereocenters. The molecule has 14 nitrogen and oxygen atoms in total. The summed E-state index contributed by atoms with van der Waals surface area (Å²) in [5.41, 5.74) is 0.0136. The van der Waals surface area contributed by atoms with Crippen LogP contribution in [0.2, 0.25) is 0 Å². The van der Waals surface area contributed by atoms with Crippen molar-refractivity contribution >= 4 is 24.6 Å². The van der Waals surface area contributed by atoms with E-state index in [1.807, 2.05) is 6.92 Å². The highest BCUT2D eigenvalue weighted by molar-refractivity contribution is 7.61. The van der Waals surface area contributed by atoms with Crippen molar-refractivity contribution in [2.45, 2.75) is 90.7 Å². The fraction of sp³-hybridized carbons (Fsp3) is 0.789. The van der Waals surface area contributed by atoms with Gasteiger partial charge < -0.3 is 14.6 Å². The van der Waals surface area contributed by atoms with Crippen LogP contribution in [0.3, 0.4) is 0 Å². The lowest BCUT2D eigenvalue weighted by atomic mass is 10.2. The molecule has 190 valence electrons. The Hall–Kier alpha value is -2.25. The van der Waals surface area contributed by atoms with Crippen LogP contribution in [0.15, 0.2) is 4.79 Å². The minimum absolute atomic E-state index is 0.114. The van der Waals surface area contributed by atoms with Crippen LogP contribution in [0.25, 0.3) is 11.2 Å². The van der Waals surface area contributed by atoms with Crippen molar-refractivity contribution in [1.82, 2.24) is 40.2 Å². The maximum atomic E-state index is 13.4. The molecule has 2 aromatic heterocycles. The van der Waals surface area contributed by atoms with Gasteiger partial charge in [-0.2, -0.15) is 4.68 Å².